The van der Waals surface area contributed by atoms with Gasteiger partial charge in [0.05, 0.1) is 0 Å². The first-order chi connectivity index (χ1) is 6.69. The third-order valence-corrected chi connectivity index (χ3v) is 2.58. The smallest absolute Gasteiger partial charge is 0.0207 e. The van der Waals surface area contributed by atoms with Crippen LogP contribution in [0.2, 0.25) is 0 Å². The second kappa shape index (κ2) is 5.16. The average Bonchev–Trinajstić information content (AvgIpc) is 2.11. The van der Waals surface area contributed by atoms with Gasteiger partial charge in [-0.2, -0.15) is 0 Å². The lowest BCUT2D eigenvalue weighted by molar-refractivity contribution is 0.787. The van der Waals surface area contributed by atoms with Gasteiger partial charge < -0.3 is 5.32 Å². The van der Waals surface area contributed by atoms with Gasteiger partial charge in [-0.15, -0.1) is 0 Å². The molecule has 1 heteroatoms. The number of hydrogen-bond donors (Lipinski definition) is 1. The molecule has 1 aromatic carbocycles. The Kier molecular flexibility index (Phi) is 4.15. The number of nitrogens with one attached hydrogen (secondary N) is 1. The molecular weight excluding hydrogens is 170 g/mol. The Balaban J connectivity index is 3.07. The van der Waals surface area contributed by atoms with Crippen molar-refractivity contribution < 1.29 is 0 Å². The molecule has 0 radical (unpaired) electrons. The molecule has 0 spiro atoms. The lowest BCUT2D eigenvalue weighted by atomic mass is 9.96. The van der Waals surface area contributed by atoms with Crippen molar-refractivity contribution in [2.24, 2.45) is 0 Å². The van der Waals surface area contributed by atoms with Gasteiger partial charge in [0.2, 0.25) is 0 Å². The molecule has 14 heavy (non-hydrogen) atoms. The molecule has 0 amide bonds. The van der Waals surface area contributed by atoms with Crippen LogP contribution in [0, 0.1) is 13.8 Å². The molecule has 0 unspecified atom stereocenters. The van der Waals surface area contributed by atoms with E-state index in [1.54, 1.807) is 0 Å². The first-order valence-electron chi connectivity index (χ1n) is 5.42. The van der Waals surface area contributed by atoms with Gasteiger partial charge in [0.15, 0.2) is 0 Å². The van der Waals surface area contributed by atoms with Gasteiger partial charge in [-0.05, 0) is 44.0 Å². The molecule has 0 aliphatic carbocycles. The van der Waals surface area contributed by atoms with Crippen LogP contribution in [0.3, 0.4) is 0 Å². The van der Waals surface area contributed by atoms with Crippen LogP contribution < -0.4 is 5.32 Å². The van der Waals surface area contributed by atoms with Gasteiger partial charge in [-0.25, -0.2) is 0 Å². The van der Waals surface area contributed by atoms with Crippen molar-refractivity contribution in [1.29, 1.82) is 0 Å². The van der Waals surface area contributed by atoms with Gasteiger partial charge in [-0.3, -0.25) is 0 Å². The minimum absolute atomic E-state index is 0.988. The first-order valence-corrected chi connectivity index (χ1v) is 5.42. The van der Waals surface area contributed by atoms with Crippen molar-refractivity contribution in [1.82, 2.24) is 5.32 Å². The molecular formula is C13H21N. The zero-order valence-electron chi connectivity index (χ0n) is 9.78. The zero-order chi connectivity index (χ0) is 10.6. The number of benzene rings is 1. The van der Waals surface area contributed by atoms with Crippen LogP contribution in [0.5, 0.6) is 0 Å². The first kappa shape index (κ1) is 11.3. The van der Waals surface area contributed by atoms with Gasteiger partial charge in [-0.1, -0.05) is 31.0 Å². The van der Waals surface area contributed by atoms with Gasteiger partial charge >= 0.3 is 0 Å². The molecule has 1 nitrogen and oxygen atoms in total. The highest BCUT2D eigenvalue weighted by Crippen LogP contribution is 2.18. The van der Waals surface area contributed by atoms with Crippen LogP contribution in [0.1, 0.15) is 35.6 Å². The van der Waals surface area contributed by atoms with Crippen LogP contribution in [-0.2, 0) is 13.0 Å². The Morgan fingerprint density at radius 1 is 1.21 bits per heavy atom. The van der Waals surface area contributed by atoms with E-state index in [2.05, 4.69) is 38.2 Å². The van der Waals surface area contributed by atoms with Crippen LogP contribution >= 0.6 is 0 Å². The van der Waals surface area contributed by atoms with Gasteiger partial charge in [0, 0.05) is 6.54 Å². The molecule has 0 aliphatic heterocycles. The zero-order valence-corrected chi connectivity index (χ0v) is 9.78. The summed E-state index contributed by atoms with van der Waals surface area (Å²) < 4.78 is 0. The minimum Gasteiger partial charge on any atom is -0.316 e. The van der Waals surface area contributed by atoms with Crippen molar-refractivity contribution in [2.45, 2.75) is 40.2 Å². The maximum absolute atomic E-state index is 3.24. The van der Waals surface area contributed by atoms with E-state index in [1.807, 2.05) is 7.05 Å². The van der Waals surface area contributed by atoms with Gasteiger partial charge in [0.25, 0.3) is 0 Å². The summed E-state index contributed by atoms with van der Waals surface area (Å²) in [4.78, 5) is 0. The van der Waals surface area contributed by atoms with Crippen LogP contribution in [0.25, 0.3) is 0 Å². The molecule has 1 rings (SSSR count). The summed E-state index contributed by atoms with van der Waals surface area (Å²) in [5, 5.41) is 3.24. The number of rotatable bonds is 4. The summed E-state index contributed by atoms with van der Waals surface area (Å²) in [6.45, 7) is 7.61. The molecule has 0 aliphatic rings. The Bertz CT molecular complexity index is 302. The lowest BCUT2D eigenvalue weighted by Gasteiger charge is -2.13. The number of hydrogen-bond acceptors (Lipinski definition) is 1. The molecule has 0 bridgehead atoms. The Morgan fingerprint density at radius 3 is 2.50 bits per heavy atom. The van der Waals surface area contributed by atoms with Crippen molar-refractivity contribution in [3.8, 4) is 0 Å². The van der Waals surface area contributed by atoms with E-state index >= 15 is 0 Å². The second-order valence-corrected chi connectivity index (χ2v) is 4.00. The fourth-order valence-corrected chi connectivity index (χ4v) is 2.01. The fourth-order valence-electron chi connectivity index (χ4n) is 2.01. The van der Waals surface area contributed by atoms with Crippen molar-refractivity contribution >= 4 is 0 Å². The Hall–Kier alpha value is -0.820. The third kappa shape index (κ3) is 2.58. The SMILES string of the molecule is CCCc1cc(C)cc(C)c1CNC. The molecule has 0 fully saturated rings. The molecule has 0 saturated carbocycles. The van der Waals surface area contributed by atoms with Crippen molar-refractivity contribution in [3.63, 3.8) is 0 Å². The van der Waals surface area contributed by atoms with E-state index < -0.39 is 0 Å². The molecule has 78 valence electrons. The van der Waals surface area contributed by atoms with Crippen LogP contribution in [-0.4, -0.2) is 7.05 Å². The monoisotopic (exact) mass is 191 g/mol. The number of aryl methyl sites for hydroxylation is 3. The predicted molar refractivity (Wildman–Crippen MR) is 62.7 cm³/mol. The third-order valence-electron chi connectivity index (χ3n) is 2.58. The summed E-state index contributed by atoms with van der Waals surface area (Å²) in [5.41, 5.74) is 5.80. The quantitative estimate of drug-likeness (QED) is 0.771. The van der Waals surface area contributed by atoms with Crippen molar-refractivity contribution in [2.75, 3.05) is 7.05 Å². The molecule has 0 atom stereocenters. The maximum Gasteiger partial charge on any atom is 0.0207 e. The van der Waals surface area contributed by atoms with Crippen molar-refractivity contribution in [3.05, 3.63) is 34.4 Å². The molecule has 0 saturated heterocycles. The normalized spacial score (nSPS) is 10.6. The van der Waals surface area contributed by atoms with Crippen LogP contribution in [0.4, 0.5) is 0 Å². The van der Waals surface area contributed by atoms with E-state index in [0.717, 1.165) is 6.54 Å². The van der Waals surface area contributed by atoms with E-state index in [-0.39, 0.29) is 0 Å². The van der Waals surface area contributed by atoms with E-state index in [4.69, 9.17) is 0 Å². The summed E-state index contributed by atoms with van der Waals surface area (Å²) in [6, 6.07) is 4.59. The molecule has 1 N–H and O–H groups in total. The largest absolute Gasteiger partial charge is 0.316 e. The van der Waals surface area contributed by atoms with Gasteiger partial charge in [0.1, 0.15) is 0 Å². The molecule has 0 heterocycles. The summed E-state index contributed by atoms with van der Waals surface area (Å²) >= 11 is 0. The topological polar surface area (TPSA) is 12.0 Å². The van der Waals surface area contributed by atoms with E-state index in [9.17, 15) is 0 Å². The Morgan fingerprint density at radius 2 is 1.93 bits per heavy atom. The van der Waals surface area contributed by atoms with E-state index in [1.165, 1.54) is 35.1 Å². The average molecular weight is 191 g/mol. The second-order valence-electron chi connectivity index (χ2n) is 4.00. The Labute approximate surface area is 87.5 Å². The minimum atomic E-state index is 0.988. The summed E-state index contributed by atoms with van der Waals surface area (Å²) in [5.74, 6) is 0. The van der Waals surface area contributed by atoms with E-state index in [0.29, 0.717) is 0 Å². The molecule has 1 aromatic rings. The lowest BCUT2D eigenvalue weighted by Crippen LogP contribution is -2.10. The standard InChI is InChI=1S/C13H21N/c1-5-6-12-8-10(2)7-11(3)13(12)9-14-4/h7-8,14H,5-6,9H2,1-4H3. The highest BCUT2D eigenvalue weighted by atomic mass is 14.8. The fraction of sp³-hybridized carbons (Fsp3) is 0.538. The molecule has 0 aromatic heterocycles. The predicted octanol–water partition coefficient (Wildman–Crippen LogP) is 2.98. The summed E-state index contributed by atoms with van der Waals surface area (Å²) in [6.07, 6.45) is 2.42. The maximum atomic E-state index is 3.24. The highest BCUT2D eigenvalue weighted by molar-refractivity contribution is 5.38. The highest BCUT2D eigenvalue weighted by Gasteiger charge is 2.05. The van der Waals surface area contributed by atoms with Crippen LogP contribution in [0.15, 0.2) is 12.1 Å². The summed E-state index contributed by atoms with van der Waals surface area (Å²) in [7, 11) is 2.01.